The first kappa shape index (κ1) is 22.6. The van der Waals surface area contributed by atoms with Crippen molar-refractivity contribution < 1.29 is 36.3 Å². The molecule has 11 heteroatoms. The highest BCUT2D eigenvalue weighted by molar-refractivity contribution is 7.89. The molecule has 0 atom stereocenters. The molecule has 1 aliphatic rings. The first-order chi connectivity index (χ1) is 14.8. The van der Waals surface area contributed by atoms with Gasteiger partial charge in [-0.15, -0.1) is 0 Å². The second-order valence-corrected chi connectivity index (χ2v) is 8.52. The maximum absolute atomic E-state index is 12.6. The lowest BCUT2D eigenvalue weighted by Crippen LogP contribution is -2.51. The Balaban J connectivity index is 1.51. The minimum Gasteiger partial charge on any atom is -0.452 e. The van der Waals surface area contributed by atoms with Crippen LogP contribution in [0.3, 0.4) is 0 Å². The second kappa shape index (κ2) is 9.84. The number of piperazine rings is 1. The van der Waals surface area contributed by atoms with Gasteiger partial charge >= 0.3 is 12.6 Å². The van der Waals surface area contributed by atoms with Gasteiger partial charge in [-0.05, 0) is 30.3 Å². The van der Waals surface area contributed by atoms with Gasteiger partial charge in [-0.2, -0.15) is 13.1 Å². The zero-order chi connectivity index (χ0) is 22.4. The Kier molecular flexibility index (Phi) is 7.18. The van der Waals surface area contributed by atoms with Crippen LogP contribution in [-0.4, -0.2) is 68.9 Å². The van der Waals surface area contributed by atoms with E-state index in [1.807, 2.05) is 0 Å². The van der Waals surface area contributed by atoms with Crippen molar-refractivity contribution in [2.24, 2.45) is 0 Å². The summed E-state index contributed by atoms with van der Waals surface area (Å²) in [7, 11) is -3.64. The zero-order valence-electron chi connectivity index (χ0n) is 16.3. The average molecular weight is 454 g/mol. The number of nitrogens with zero attached hydrogens (tertiary/aromatic N) is 2. The fourth-order valence-electron chi connectivity index (χ4n) is 3.02. The Labute approximate surface area is 178 Å². The van der Waals surface area contributed by atoms with Gasteiger partial charge in [0.15, 0.2) is 6.61 Å². The van der Waals surface area contributed by atoms with E-state index in [1.54, 1.807) is 18.2 Å². The van der Waals surface area contributed by atoms with Crippen LogP contribution >= 0.6 is 0 Å². The lowest BCUT2D eigenvalue weighted by atomic mass is 10.2. The first-order valence-corrected chi connectivity index (χ1v) is 10.8. The van der Waals surface area contributed by atoms with Gasteiger partial charge in [0.05, 0.1) is 10.5 Å². The minimum atomic E-state index is -3.64. The van der Waals surface area contributed by atoms with Gasteiger partial charge in [-0.1, -0.05) is 24.3 Å². The number of hydrogen-bond donors (Lipinski definition) is 0. The molecular weight excluding hydrogens is 434 g/mol. The predicted octanol–water partition coefficient (Wildman–Crippen LogP) is 1.98. The number of hydrogen-bond acceptors (Lipinski definition) is 6. The largest absolute Gasteiger partial charge is 0.452 e. The van der Waals surface area contributed by atoms with Crippen molar-refractivity contribution in [1.29, 1.82) is 0 Å². The van der Waals surface area contributed by atoms with Gasteiger partial charge in [0.1, 0.15) is 5.75 Å². The maximum Gasteiger partial charge on any atom is 0.387 e. The fraction of sp³-hybridized carbons (Fsp3) is 0.300. The van der Waals surface area contributed by atoms with Crippen LogP contribution in [-0.2, 0) is 19.6 Å². The van der Waals surface area contributed by atoms with Crippen LogP contribution in [0.4, 0.5) is 8.78 Å². The summed E-state index contributed by atoms with van der Waals surface area (Å²) in [6, 6.07) is 13.1. The van der Waals surface area contributed by atoms with E-state index in [4.69, 9.17) is 4.74 Å². The third-order valence-corrected chi connectivity index (χ3v) is 6.51. The van der Waals surface area contributed by atoms with Crippen LogP contribution in [0.15, 0.2) is 59.5 Å². The van der Waals surface area contributed by atoms with Gasteiger partial charge in [0.2, 0.25) is 10.0 Å². The number of carbonyl (C=O) groups excluding carboxylic acids is 2. The first-order valence-electron chi connectivity index (χ1n) is 9.32. The van der Waals surface area contributed by atoms with Crippen LogP contribution in [0, 0.1) is 0 Å². The molecule has 0 spiro atoms. The summed E-state index contributed by atoms with van der Waals surface area (Å²) in [6.07, 6.45) is 0. The van der Waals surface area contributed by atoms with Crippen LogP contribution < -0.4 is 4.74 Å². The van der Waals surface area contributed by atoms with Gasteiger partial charge in [0.25, 0.3) is 5.91 Å². The molecule has 2 aromatic carbocycles. The SMILES string of the molecule is O=C(OCC(=O)N1CCN(S(=O)(=O)c2ccccc2)CC1)c1cccc(OC(F)F)c1. The minimum absolute atomic E-state index is 0.0373. The monoisotopic (exact) mass is 454 g/mol. The van der Waals surface area contributed by atoms with E-state index in [1.165, 1.54) is 39.5 Å². The summed E-state index contributed by atoms with van der Waals surface area (Å²) in [5.74, 6) is -1.55. The highest BCUT2D eigenvalue weighted by Crippen LogP contribution is 2.18. The Bertz CT molecular complexity index is 1020. The molecule has 0 aromatic heterocycles. The second-order valence-electron chi connectivity index (χ2n) is 6.58. The number of benzene rings is 2. The number of alkyl halides is 2. The molecule has 1 fully saturated rings. The van der Waals surface area contributed by atoms with E-state index in [9.17, 15) is 26.8 Å². The standard InChI is InChI=1S/C20H20F2N2O6S/c21-20(22)30-16-6-4-5-15(13-16)19(26)29-14-18(25)23-9-11-24(12-10-23)31(27,28)17-7-2-1-3-8-17/h1-8,13,20H,9-12,14H2. The van der Waals surface area contributed by atoms with E-state index in [0.29, 0.717) is 0 Å². The van der Waals surface area contributed by atoms with E-state index in [0.717, 1.165) is 6.07 Å². The van der Waals surface area contributed by atoms with E-state index in [2.05, 4.69) is 4.74 Å². The molecule has 1 amide bonds. The van der Waals surface area contributed by atoms with Crippen molar-refractivity contribution in [2.45, 2.75) is 11.5 Å². The number of rotatable bonds is 7. The molecule has 0 aliphatic carbocycles. The lowest BCUT2D eigenvalue weighted by Gasteiger charge is -2.33. The van der Waals surface area contributed by atoms with Gasteiger partial charge < -0.3 is 14.4 Å². The molecule has 0 radical (unpaired) electrons. The average Bonchev–Trinajstić information content (AvgIpc) is 2.77. The summed E-state index contributed by atoms with van der Waals surface area (Å²) in [6.45, 7) is -3.05. The van der Waals surface area contributed by atoms with Gasteiger partial charge in [-0.3, -0.25) is 4.79 Å². The number of ether oxygens (including phenoxy) is 2. The van der Waals surface area contributed by atoms with Crippen LogP contribution in [0.1, 0.15) is 10.4 Å². The molecule has 2 aromatic rings. The molecule has 166 valence electrons. The highest BCUT2D eigenvalue weighted by Gasteiger charge is 2.30. The molecule has 31 heavy (non-hydrogen) atoms. The Morgan fingerprint density at radius 3 is 2.29 bits per heavy atom. The topological polar surface area (TPSA) is 93.2 Å². The van der Waals surface area contributed by atoms with Crippen molar-refractivity contribution in [3.8, 4) is 5.75 Å². The summed E-state index contributed by atoms with van der Waals surface area (Å²) in [5, 5.41) is 0. The van der Waals surface area contributed by atoms with Crippen molar-refractivity contribution in [3.05, 3.63) is 60.2 Å². The van der Waals surface area contributed by atoms with Gasteiger partial charge in [0, 0.05) is 26.2 Å². The molecule has 0 N–H and O–H groups in total. The predicted molar refractivity (Wildman–Crippen MR) is 105 cm³/mol. The van der Waals surface area contributed by atoms with E-state index < -0.39 is 35.1 Å². The summed E-state index contributed by atoms with van der Waals surface area (Å²) in [4.78, 5) is 26.0. The highest BCUT2D eigenvalue weighted by atomic mass is 32.2. The van der Waals surface area contributed by atoms with Crippen molar-refractivity contribution in [2.75, 3.05) is 32.8 Å². The summed E-state index contributed by atoms with van der Waals surface area (Å²) in [5.41, 5.74) is -0.0373. The number of esters is 1. The molecular formula is C20H20F2N2O6S. The maximum atomic E-state index is 12.6. The zero-order valence-corrected chi connectivity index (χ0v) is 17.1. The molecule has 1 heterocycles. The Hall–Kier alpha value is -3.05. The molecule has 1 saturated heterocycles. The normalized spacial score (nSPS) is 15.0. The van der Waals surface area contributed by atoms with Crippen molar-refractivity contribution >= 4 is 21.9 Å². The van der Waals surface area contributed by atoms with Crippen LogP contribution in [0.5, 0.6) is 5.75 Å². The van der Waals surface area contributed by atoms with Crippen LogP contribution in [0.2, 0.25) is 0 Å². The van der Waals surface area contributed by atoms with Crippen molar-refractivity contribution in [1.82, 2.24) is 9.21 Å². The Morgan fingerprint density at radius 2 is 1.65 bits per heavy atom. The molecule has 3 rings (SSSR count). The molecule has 0 bridgehead atoms. The molecule has 0 unspecified atom stereocenters. The van der Waals surface area contributed by atoms with E-state index in [-0.39, 0.29) is 42.4 Å². The summed E-state index contributed by atoms with van der Waals surface area (Å²) < 4.78 is 60.3. The van der Waals surface area contributed by atoms with Crippen molar-refractivity contribution in [3.63, 3.8) is 0 Å². The lowest BCUT2D eigenvalue weighted by molar-refractivity contribution is -0.135. The van der Waals surface area contributed by atoms with Gasteiger partial charge in [-0.25, -0.2) is 13.2 Å². The quantitative estimate of drug-likeness (QED) is 0.594. The number of carbonyl (C=O) groups is 2. The third kappa shape index (κ3) is 5.76. The number of halogens is 2. The smallest absolute Gasteiger partial charge is 0.387 e. The fourth-order valence-corrected chi connectivity index (χ4v) is 4.46. The third-order valence-electron chi connectivity index (χ3n) is 4.59. The van der Waals surface area contributed by atoms with E-state index >= 15 is 0 Å². The van der Waals surface area contributed by atoms with Crippen LogP contribution in [0.25, 0.3) is 0 Å². The number of sulfonamides is 1. The molecule has 8 nitrogen and oxygen atoms in total. The Morgan fingerprint density at radius 1 is 0.968 bits per heavy atom. The summed E-state index contributed by atoms with van der Waals surface area (Å²) >= 11 is 0. The molecule has 0 saturated carbocycles. The molecule has 1 aliphatic heterocycles. The number of amides is 1.